The summed E-state index contributed by atoms with van der Waals surface area (Å²) in [5.74, 6) is 0.291. The van der Waals surface area contributed by atoms with Gasteiger partial charge in [0.25, 0.3) is 0 Å². The first kappa shape index (κ1) is 23.8. The first-order chi connectivity index (χ1) is 17.0. The van der Waals surface area contributed by atoms with Crippen LogP contribution in [0.5, 0.6) is 5.75 Å². The third kappa shape index (κ3) is 5.50. The van der Waals surface area contributed by atoms with Crippen molar-refractivity contribution in [3.8, 4) is 16.3 Å². The zero-order valence-corrected chi connectivity index (χ0v) is 22.0. The van der Waals surface area contributed by atoms with E-state index in [0.29, 0.717) is 22.9 Å². The van der Waals surface area contributed by atoms with Crippen molar-refractivity contribution >= 4 is 54.8 Å². The molecular weight excluding hydrogens is 547 g/mol. The molecule has 0 aliphatic heterocycles. The molecule has 176 valence electrons. The van der Waals surface area contributed by atoms with Crippen molar-refractivity contribution in [2.45, 2.75) is 20.1 Å². The van der Waals surface area contributed by atoms with Crippen LogP contribution >= 0.6 is 38.9 Å². The van der Waals surface area contributed by atoms with E-state index in [-0.39, 0.29) is 12.4 Å². The van der Waals surface area contributed by atoms with Gasteiger partial charge < -0.3 is 10.1 Å². The number of anilines is 1. The Hall–Kier alpha value is -2.93. The Labute approximate surface area is 220 Å². The van der Waals surface area contributed by atoms with Crippen molar-refractivity contribution in [2.24, 2.45) is 0 Å². The highest BCUT2D eigenvalue weighted by Gasteiger charge is 2.11. The zero-order valence-electron chi connectivity index (χ0n) is 18.8. The second-order valence-electron chi connectivity index (χ2n) is 8.16. The molecule has 1 heterocycles. The number of hydrogen-bond acceptors (Lipinski definition) is 4. The first-order valence-corrected chi connectivity index (χ1v) is 13.0. The second-order valence-corrected chi connectivity index (χ2v) is 10.5. The molecule has 5 rings (SSSR count). The first-order valence-electron chi connectivity index (χ1n) is 11.0. The lowest BCUT2D eigenvalue weighted by Crippen LogP contribution is -2.05. The number of nitrogens with zero attached hydrogens (tertiary/aromatic N) is 1. The predicted octanol–water partition coefficient (Wildman–Crippen LogP) is 9.02. The molecular formula is C28H21BrClFN2OS. The lowest BCUT2D eigenvalue weighted by atomic mass is 10.1. The highest BCUT2D eigenvalue weighted by atomic mass is 79.9. The molecule has 0 bridgehead atoms. The Kier molecular flexibility index (Phi) is 7.04. The Morgan fingerprint density at radius 1 is 1.03 bits per heavy atom. The SMILES string of the molecule is Cc1ccc2nc(-c3ccc(NCc4cc(Br)ccc4OCc4c(F)cccc4Cl)cc3)sc2c1. The van der Waals surface area contributed by atoms with Crippen LogP contribution in [0.4, 0.5) is 10.1 Å². The number of rotatable bonds is 7. The van der Waals surface area contributed by atoms with Gasteiger partial charge in [-0.05, 0) is 79.2 Å². The molecule has 0 atom stereocenters. The minimum Gasteiger partial charge on any atom is -0.488 e. The summed E-state index contributed by atoms with van der Waals surface area (Å²) in [4.78, 5) is 4.77. The van der Waals surface area contributed by atoms with Crippen LogP contribution in [-0.4, -0.2) is 4.98 Å². The number of benzene rings is 4. The molecule has 0 fully saturated rings. The third-order valence-corrected chi connectivity index (χ3v) is 7.53. The number of thiazole rings is 1. The lowest BCUT2D eigenvalue weighted by Gasteiger charge is -2.14. The minimum absolute atomic E-state index is 0.0521. The molecule has 35 heavy (non-hydrogen) atoms. The zero-order chi connectivity index (χ0) is 24.4. The van der Waals surface area contributed by atoms with E-state index < -0.39 is 0 Å². The van der Waals surface area contributed by atoms with Crippen LogP contribution in [0.15, 0.2) is 83.3 Å². The maximum atomic E-state index is 14.1. The van der Waals surface area contributed by atoms with Gasteiger partial charge in [0.05, 0.1) is 15.2 Å². The van der Waals surface area contributed by atoms with Crippen molar-refractivity contribution in [1.82, 2.24) is 4.98 Å². The van der Waals surface area contributed by atoms with Crippen LogP contribution in [-0.2, 0) is 13.2 Å². The third-order valence-electron chi connectivity index (χ3n) is 5.61. The highest BCUT2D eigenvalue weighted by molar-refractivity contribution is 9.10. The number of aromatic nitrogens is 1. The van der Waals surface area contributed by atoms with Crippen molar-refractivity contribution in [3.63, 3.8) is 0 Å². The van der Waals surface area contributed by atoms with E-state index in [1.807, 2.05) is 30.3 Å². The van der Waals surface area contributed by atoms with Crippen LogP contribution in [0.1, 0.15) is 16.7 Å². The molecule has 0 unspecified atom stereocenters. The van der Waals surface area contributed by atoms with E-state index in [2.05, 4.69) is 58.5 Å². The maximum absolute atomic E-state index is 14.1. The molecule has 0 saturated heterocycles. The summed E-state index contributed by atoms with van der Waals surface area (Å²) in [6.45, 7) is 2.69. The van der Waals surface area contributed by atoms with Crippen LogP contribution < -0.4 is 10.1 Å². The Morgan fingerprint density at radius 3 is 2.66 bits per heavy atom. The van der Waals surface area contributed by atoms with Crippen LogP contribution in [0, 0.1) is 12.7 Å². The van der Waals surface area contributed by atoms with Crippen molar-refractivity contribution in [3.05, 3.63) is 111 Å². The molecule has 1 N–H and O–H groups in total. The largest absolute Gasteiger partial charge is 0.488 e. The molecule has 5 aromatic rings. The van der Waals surface area contributed by atoms with Crippen molar-refractivity contribution < 1.29 is 9.13 Å². The maximum Gasteiger partial charge on any atom is 0.131 e. The van der Waals surface area contributed by atoms with Gasteiger partial charge >= 0.3 is 0 Å². The van der Waals surface area contributed by atoms with Crippen LogP contribution in [0.3, 0.4) is 0 Å². The summed E-state index contributed by atoms with van der Waals surface area (Å²) in [6.07, 6.45) is 0. The van der Waals surface area contributed by atoms with E-state index in [1.165, 1.54) is 16.3 Å². The average Bonchev–Trinajstić information content (AvgIpc) is 3.27. The number of ether oxygens (including phenoxy) is 1. The fourth-order valence-electron chi connectivity index (χ4n) is 3.73. The molecule has 4 aromatic carbocycles. The topological polar surface area (TPSA) is 34.2 Å². The predicted molar refractivity (Wildman–Crippen MR) is 147 cm³/mol. The van der Waals surface area contributed by atoms with E-state index >= 15 is 0 Å². The van der Waals surface area contributed by atoms with E-state index in [1.54, 1.807) is 23.5 Å². The summed E-state index contributed by atoms with van der Waals surface area (Å²) in [6, 6.07) is 24.9. The number of aryl methyl sites for hydroxylation is 1. The van der Waals surface area contributed by atoms with Gasteiger partial charge in [0.15, 0.2) is 0 Å². The summed E-state index contributed by atoms with van der Waals surface area (Å²) >= 11 is 11.4. The summed E-state index contributed by atoms with van der Waals surface area (Å²) in [5, 5.41) is 4.80. The molecule has 0 amide bonds. The van der Waals surface area contributed by atoms with Gasteiger partial charge in [-0.25, -0.2) is 9.37 Å². The average molecular weight is 568 g/mol. The van der Waals surface area contributed by atoms with Gasteiger partial charge in [-0.2, -0.15) is 0 Å². The fourth-order valence-corrected chi connectivity index (χ4v) is 5.43. The van der Waals surface area contributed by atoms with Gasteiger partial charge in [-0.15, -0.1) is 11.3 Å². The molecule has 0 saturated carbocycles. The Morgan fingerprint density at radius 2 is 1.86 bits per heavy atom. The summed E-state index contributed by atoms with van der Waals surface area (Å²) < 4.78 is 22.2. The number of halogens is 3. The monoisotopic (exact) mass is 566 g/mol. The Bertz CT molecular complexity index is 1480. The van der Waals surface area contributed by atoms with Crippen LogP contribution in [0.25, 0.3) is 20.8 Å². The van der Waals surface area contributed by atoms with E-state index in [0.717, 1.165) is 31.8 Å². The lowest BCUT2D eigenvalue weighted by molar-refractivity contribution is 0.297. The van der Waals surface area contributed by atoms with Crippen molar-refractivity contribution in [1.29, 1.82) is 0 Å². The summed E-state index contributed by atoms with van der Waals surface area (Å²) in [7, 11) is 0. The number of hydrogen-bond donors (Lipinski definition) is 1. The van der Waals surface area contributed by atoms with Gasteiger partial charge in [0, 0.05) is 33.4 Å². The molecule has 0 aliphatic rings. The van der Waals surface area contributed by atoms with E-state index in [4.69, 9.17) is 21.3 Å². The molecule has 0 radical (unpaired) electrons. The van der Waals surface area contributed by atoms with Gasteiger partial charge in [0.1, 0.15) is 23.2 Å². The standard InChI is InChI=1S/C28H21BrClFN2OS/c1-17-5-11-25-27(13-17)35-28(33-25)18-6-9-21(10-7-18)32-15-19-14-20(29)8-12-26(19)34-16-22-23(30)3-2-4-24(22)31/h2-14,32H,15-16H2,1H3. The second kappa shape index (κ2) is 10.4. The Balaban J connectivity index is 1.29. The smallest absolute Gasteiger partial charge is 0.131 e. The molecule has 7 heteroatoms. The van der Waals surface area contributed by atoms with E-state index in [9.17, 15) is 4.39 Å². The van der Waals surface area contributed by atoms with Crippen molar-refractivity contribution in [2.75, 3.05) is 5.32 Å². The highest BCUT2D eigenvalue weighted by Crippen LogP contribution is 2.32. The molecule has 0 spiro atoms. The fraction of sp³-hybridized carbons (Fsp3) is 0.107. The minimum atomic E-state index is -0.377. The van der Waals surface area contributed by atoms with Gasteiger partial charge in [0.2, 0.25) is 0 Å². The van der Waals surface area contributed by atoms with Gasteiger partial charge in [-0.3, -0.25) is 0 Å². The molecule has 3 nitrogen and oxygen atoms in total. The molecule has 1 aromatic heterocycles. The quantitative estimate of drug-likeness (QED) is 0.213. The molecule has 0 aliphatic carbocycles. The number of nitrogens with one attached hydrogen (secondary N) is 1. The summed E-state index contributed by atoms with van der Waals surface area (Å²) in [5.41, 5.74) is 5.61. The van der Waals surface area contributed by atoms with Crippen LogP contribution in [0.2, 0.25) is 5.02 Å². The van der Waals surface area contributed by atoms with Gasteiger partial charge in [-0.1, -0.05) is 39.7 Å². The normalized spacial score (nSPS) is 11.1. The number of fused-ring (bicyclic) bond motifs is 1.